The highest BCUT2D eigenvalue weighted by atomic mass is 19.1. The number of hydrogen-bond acceptors (Lipinski definition) is 5. The van der Waals surface area contributed by atoms with E-state index in [1.807, 2.05) is 0 Å². The van der Waals surface area contributed by atoms with E-state index in [2.05, 4.69) is 5.32 Å². The van der Waals surface area contributed by atoms with E-state index in [0.717, 1.165) is 0 Å². The maximum Gasteiger partial charge on any atom is 0.317 e. The predicted molar refractivity (Wildman–Crippen MR) is 104 cm³/mol. The zero-order valence-corrected chi connectivity index (χ0v) is 15.1. The Morgan fingerprint density at radius 1 is 1.25 bits per heavy atom. The molecule has 1 fully saturated rings. The molecule has 0 bridgehead atoms. The molecular formula is C20H21FN4O3. The smallest absolute Gasteiger partial charge is 0.317 e. The lowest BCUT2D eigenvalue weighted by molar-refractivity contribution is -0.138. The second-order valence-electron chi connectivity index (χ2n) is 6.79. The summed E-state index contributed by atoms with van der Waals surface area (Å²) < 4.78 is 13.1. The molecule has 28 heavy (non-hydrogen) atoms. The molecule has 0 radical (unpaired) electrons. The topological polar surface area (TPSA) is 120 Å². The number of likely N-dealkylation sites (tertiary alicyclic amines) is 1. The number of amides is 1. The van der Waals surface area contributed by atoms with Gasteiger partial charge in [-0.25, -0.2) is 4.39 Å². The molecule has 1 heterocycles. The number of aliphatic carboxylic acids is 1. The highest BCUT2D eigenvalue weighted by Gasteiger charge is 2.29. The van der Waals surface area contributed by atoms with E-state index in [9.17, 15) is 14.0 Å². The molecule has 1 aliphatic rings. The third kappa shape index (κ3) is 4.52. The number of rotatable bonds is 6. The van der Waals surface area contributed by atoms with Crippen LogP contribution in [0.25, 0.3) is 0 Å². The number of nitrogens with zero attached hydrogens (tertiary/aromatic N) is 1. The molecule has 1 aliphatic heterocycles. The van der Waals surface area contributed by atoms with Crippen molar-refractivity contribution in [2.24, 2.45) is 5.92 Å². The van der Waals surface area contributed by atoms with Crippen molar-refractivity contribution in [3.05, 3.63) is 59.4 Å². The number of carbonyl (C=O) groups is 2. The molecule has 2 aromatic rings. The molecule has 5 N–H and O–H groups in total. The molecule has 0 aromatic heterocycles. The number of carboxylic acid groups (broad SMARTS) is 1. The van der Waals surface area contributed by atoms with Crippen LogP contribution in [0, 0.1) is 17.1 Å². The van der Waals surface area contributed by atoms with Gasteiger partial charge >= 0.3 is 5.97 Å². The first kappa shape index (κ1) is 19.5. The lowest BCUT2D eigenvalue weighted by atomic mass is 10.00. The number of anilines is 2. The SMILES string of the molecule is N=C(c1ccc(F)cc1)c1cc(NC(=O)[C@@H]2CCN(CC(=O)O)C2)ccc1N. The number of benzene rings is 2. The van der Waals surface area contributed by atoms with Gasteiger partial charge in [-0.15, -0.1) is 0 Å². The Morgan fingerprint density at radius 3 is 2.64 bits per heavy atom. The van der Waals surface area contributed by atoms with Gasteiger partial charge in [-0.05, 0) is 55.4 Å². The number of carbonyl (C=O) groups excluding carboxylic acids is 1. The maximum atomic E-state index is 13.1. The van der Waals surface area contributed by atoms with E-state index in [1.54, 1.807) is 23.1 Å². The number of nitrogens with one attached hydrogen (secondary N) is 2. The minimum Gasteiger partial charge on any atom is -0.480 e. The van der Waals surface area contributed by atoms with E-state index in [-0.39, 0.29) is 29.9 Å². The number of nitrogen functional groups attached to an aromatic ring is 1. The van der Waals surface area contributed by atoms with Crippen molar-refractivity contribution in [2.75, 3.05) is 30.7 Å². The largest absolute Gasteiger partial charge is 0.480 e. The summed E-state index contributed by atoms with van der Waals surface area (Å²) in [5, 5.41) is 20.0. The Morgan fingerprint density at radius 2 is 1.96 bits per heavy atom. The lowest BCUT2D eigenvalue weighted by Gasteiger charge is -2.15. The zero-order valence-electron chi connectivity index (χ0n) is 15.1. The van der Waals surface area contributed by atoms with Gasteiger partial charge in [-0.1, -0.05) is 0 Å². The highest BCUT2D eigenvalue weighted by Crippen LogP contribution is 2.23. The highest BCUT2D eigenvalue weighted by molar-refractivity contribution is 6.14. The molecule has 8 heteroatoms. The van der Waals surface area contributed by atoms with Crippen LogP contribution >= 0.6 is 0 Å². The van der Waals surface area contributed by atoms with Crippen LogP contribution in [0.5, 0.6) is 0 Å². The van der Waals surface area contributed by atoms with Gasteiger partial charge in [0.05, 0.1) is 18.2 Å². The minimum atomic E-state index is -0.913. The Hall–Kier alpha value is -3.26. The monoisotopic (exact) mass is 384 g/mol. The van der Waals surface area contributed by atoms with Crippen LogP contribution in [0.2, 0.25) is 0 Å². The van der Waals surface area contributed by atoms with Gasteiger partial charge in [0.25, 0.3) is 0 Å². The molecule has 1 amide bonds. The van der Waals surface area contributed by atoms with Crippen LogP contribution in [0.4, 0.5) is 15.8 Å². The van der Waals surface area contributed by atoms with Gasteiger partial charge in [0.2, 0.25) is 5.91 Å². The average Bonchev–Trinajstić information content (AvgIpc) is 3.11. The van der Waals surface area contributed by atoms with Gasteiger partial charge in [-0.3, -0.25) is 19.9 Å². The Labute approximate surface area is 161 Å². The molecule has 7 nitrogen and oxygen atoms in total. The average molecular weight is 384 g/mol. The van der Waals surface area contributed by atoms with E-state index in [4.69, 9.17) is 16.2 Å². The first-order chi connectivity index (χ1) is 13.3. The van der Waals surface area contributed by atoms with Crippen LogP contribution in [-0.4, -0.2) is 47.2 Å². The minimum absolute atomic E-state index is 0.0787. The third-order valence-corrected chi connectivity index (χ3v) is 4.73. The van der Waals surface area contributed by atoms with Gasteiger partial charge in [0.15, 0.2) is 0 Å². The summed E-state index contributed by atoms with van der Waals surface area (Å²) in [4.78, 5) is 25.0. The van der Waals surface area contributed by atoms with Gasteiger partial charge in [-0.2, -0.15) is 0 Å². The van der Waals surface area contributed by atoms with Crippen LogP contribution in [0.3, 0.4) is 0 Å². The van der Waals surface area contributed by atoms with Crippen LogP contribution < -0.4 is 11.1 Å². The number of halogens is 1. The Kier molecular flexibility index (Phi) is 5.70. The summed E-state index contributed by atoms with van der Waals surface area (Å²) in [7, 11) is 0. The van der Waals surface area contributed by atoms with E-state index < -0.39 is 5.97 Å². The zero-order chi connectivity index (χ0) is 20.3. The van der Waals surface area contributed by atoms with Crippen molar-refractivity contribution in [1.29, 1.82) is 5.41 Å². The quantitative estimate of drug-likeness (QED) is 0.449. The van der Waals surface area contributed by atoms with E-state index >= 15 is 0 Å². The predicted octanol–water partition coefficient (Wildman–Crippen LogP) is 2.17. The summed E-state index contributed by atoms with van der Waals surface area (Å²) in [6.07, 6.45) is 0.590. The molecule has 1 saturated heterocycles. The van der Waals surface area contributed by atoms with Crippen LogP contribution in [-0.2, 0) is 9.59 Å². The fourth-order valence-corrected chi connectivity index (χ4v) is 3.25. The first-order valence-corrected chi connectivity index (χ1v) is 8.83. The van der Waals surface area contributed by atoms with Crippen molar-refractivity contribution in [3.63, 3.8) is 0 Å². The summed E-state index contributed by atoms with van der Waals surface area (Å²) in [5.41, 5.74) is 7.93. The second kappa shape index (κ2) is 8.18. The van der Waals surface area contributed by atoms with Crippen molar-refractivity contribution < 1.29 is 19.1 Å². The molecule has 0 unspecified atom stereocenters. The van der Waals surface area contributed by atoms with Crippen molar-refractivity contribution >= 4 is 29.0 Å². The molecule has 0 saturated carbocycles. The van der Waals surface area contributed by atoms with E-state index in [1.165, 1.54) is 24.3 Å². The molecular weight excluding hydrogens is 363 g/mol. The maximum absolute atomic E-state index is 13.1. The Bertz CT molecular complexity index is 914. The summed E-state index contributed by atoms with van der Waals surface area (Å²) >= 11 is 0. The third-order valence-electron chi connectivity index (χ3n) is 4.73. The molecule has 3 rings (SSSR count). The van der Waals surface area contributed by atoms with Crippen LogP contribution in [0.15, 0.2) is 42.5 Å². The number of carboxylic acids is 1. The molecule has 0 aliphatic carbocycles. The summed E-state index contributed by atoms with van der Waals surface area (Å²) in [5.74, 6) is -1.79. The number of hydrogen-bond donors (Lipinski definition) is 4. The molecule has 1 atom stereocenters. The first-order valence-electron chi connectivity index (χ1n) is 8.83. The van der Waals surface area contributed by atoms with Gasteiger partial charge in [0.1, 0.15) is 5.82 Å². The molecule has 2 aromatic carbocycles. The van der Waals surface area contributed by atoms with Crippen LogP contribution in [0.1, 0.15) is 17.5 Å². The normalized spacial score (nSPS) is 16.7. The van der Waals surface area contributed by atoms with Gasteiger partial charge in [0, 0.05) is 29.0 Å². The lowest BCUT2D eigenvalue weighted by Crippen LogP contribution is -2.30. The Balaban J connectivity index is 1.71. The molecule has 146 valence electrons. The van der Waals surface area contributed by atoms with Crippen molar-refractivity contribution in [3.8, 4) is 0 Å². The molecule has 0 spiro atoms. The van der Waals surface area contributed by atoms with Crippen molar-refractivity contribution in [2.45, 2.75) is 6.42 Å². The standard InChI is InChI=1S/C20H21FN4O3/c21-14-3-1-12(2-4-14)19(23)16-9-15(5-6-17(16)22)24-20(28)13-7-8-25(10-13)11-18(26)27/h1-6,9,13,23H,7-8,10-11,22H2,(H,24,28)(H,26,27)/t13-/m1/s1. The fourth-order valence-electron chi connectivity index (χ4n) is 3.25. The van der Waals surface area contributed by atoms with E-state index in [0.29, 0.717) is 42.0 Å². The second-order valence-corrected chi connectivity index (χ2v) is 6.79. The van der Waals surface area contributed by atoms with Gasteiger partial charge < -0.3 is 16.2 Å². The summed E-state index contributed by atoms with van der Waals surface area (Å²) in [6.45, 7) is 0.878. The van der Waals surface area contributed by atoms with Crippen molar-refractivity contribution in [1.82, 2.24) is 4.90 Å². The summed E-state index contributed by atoms with van der Waals surface area (Å²) in [6, 6.07) is 10.4. The number of nitrogens with two attached hydrogens (primary N) is 1. The fraction of sp³-hybridized carbons (Fsp3) is 0.250.